The largest absolute Gasteiger partial charge is 0.493 e. The number of ketones is 2. The highest BCUT2D eigenvalue weighted by molar-refractivity contribution is 5.94. The number of benzene rings is 1. The predicted molar refractivity (Wildman–Crippen MR) is 61.9 cm³/mol. The summed E-state index contributed by atoms with van der Waals surface area (Å²) in [6.45, 7) is 3.76. The van der Waals surface area contributed by atoms with Gasteiger partial charge >= 0.3 is 0 Å². The fourth-order valence-electron chi connectivity index (χ4n) is 1.25. The SMILES string of the molecule is CCC(=O)CCOc1ccc(C(C)=O)cc1. The van der Waals surface area contributed by atoms with E-state index in [1.165, 1.54) is 6.92 Å². The zero-order valence-corrected chi connectivity index (χ0v) is 9.66. The van der Waals surface area contributed by atoms with E-state index in [9.17, 15) is 9.59 Å². The number of hydrogen-bond acceptors (Lipinski definition) is 3. The topological polar surface area (TPSA) is 43.4 Å². The first kappa shape index (κ1) is 12.4. The van der Waals surface area contributed by atoms with Crippen molar-refractivity contribution in [3.05, 3.63) is 29.8 Å². The molecule has 0 aliphatic rings. The highest BCUT2D eigenvalue weighted by Gasteiger charge is 2.01. The Hall–Kier alpha value is -1.64. The van der Waals surface area contributed by atoms with Crippen LogP contribution in [0.3, 0.4) is 0 Å². The van der Waals surface area contributed by atoms with Gasteiger partial charge in [0.15, 0.2) is 5.78 Å². The number of carbonyl (C=O) groups is 2. The summed E-state index contributed by atoms with van der Waals surface area (Å²) in [5.74, 6) is 0.918. The van der Waals surface area contributed by atoms with Crippen molar-refractivity contribution < 1.29 is 14.3 Å². The minimum atomic E-state index is 0.0349. The fraction of sp³-hybridized carbons (Fsp3) is 0.385. The summed E-state index contributed by atoms with van der Waals surface area (Å²) in [7, 11) is 0. The van der Waals surface area contributed by atoms with Crippen LogP contribution in [0.4, 0.5) is 0 Å². The highest BCUT2D eigenvalue weighted by atomic mass is 16.5. The molecular formula is C13H16O3. The van der Waals surface area contributed by atoms with Crippen LogP contribution in [0.1, 0.15) is 37.0 Å². The normalized spacial score (nSPS) is 9.88. The Morgan fingerprint density at radius 1 is 1.19 bits per heavy atom. The first-order chi connectivity index (χ1) is 7.63. The average Bonchev–Trinajstić information content (AvgIpc) is 2.29. The van der Waals surface area contributed by atoms with Crippen molar-refractivity contribution in [2.45, 2.75) is 26.7 Å². The van der Waals surface area contributed by atoms with Gasteiger partial charge in [-0.3, -0.25) is 9.59 Å². The average molecular weight is 220 g/mol. The lowest BCUT2D eigenvalue weighted by Gasteiger charge is -2.05. The second-order valence-electron chi connectivity index (χ2n) is 3.57. The molecule has 0 heterocycles. The maximum absolute atomic E-state index is 11.0. The van der Waals surface area contributed by atoms with E-state index >= 15 is 0 Å². The third-order valence-electron chi connectivity index (χ3n) is 2.30. The Balaban J connectivity index is 2.43. The van der Waals surface area contributed by atoms with E-state index in [2.05, 4.69) is 0 Å². The molecule has 16 heavy (non-hydrogen) atoms. The third kappa shape index (κ3) is 3.85. The fourth-order valence-corrected chi connectivity index (χ4v) is 1.25. The quantitative estimate of drug-likeness (QED) is 0.692. The zero-order valence-electron chi connectivity index (χ0n) is 9.66. The van der Waals surface area contributed by atoms with Crippen LogP contribution in [0, 0.1) is 0 Å². The zero-order chi connectivity index (χ0) is 12.0. The van der Waals surface area contributed by atoms with Crippen LogP contribution in [0.5, 0.6) is 5.75 Å². The van der Waals surface area contributed by atoms with Crippen LogP contribution < -0.4 is 4.74 Å². The Morgan fingerprint density at radius 3 is 2.31 bits per heavy atom. The van der Waals surface area contributed by atoms with Gasteiger partial charge in [0.05, 0.1) is 6.61 Å². The first-order valence-electron chi connectivity index (χ1n) is 5.39. The molecule has 0 aliphatic heterocycles. The molecule has 0 atom stereocenters. The van der Waals surface area contributed by atoms with Crippen LogP contribution >= 0.6 is 0 Å². The lowest BCUT2D eigenvalue weighted by molar-refractivity contribution is -0.119. The van der Waals surface area contributed by atoms with Crippen molar-refractivity contribution in [2.75, 3.05) is 6.61 Å². The summed E-state index contributed by atoms with van der Waals surface area (Å²) in [6.07, 6.45) is 0.984. The van der Waals surface area contributed by atoms with Gasteiger partial charge in [0.1, 0.15) is 11.5 Å². The molecule has 0 aromatic heterocycles. The lowest BCUT2D eigenvalue weighted by atomic mass is 10.1. The molecule has 86 valence electrons. The van der Waals surface area contributed by atoms with E-state index in [0.29, 0.717) is 30.8 Å². The Morgan fingerprint density at radius 2 is 1.81 bits per heavy atom. The number of carbonyl (C=O) groups excluding carboxylic acids is 2. The van der Waals surface area contributed by atoms with Gasteiger partial charge < -0.3 is 4.74 Å². The van der Waals surface area contributed by atoms with Crippen LogP contribution in [0.15, 0.2) is 24.3 Å². The summed E-state index contributed by atoms with van der Waals surface area (Å²) in [5.41, 5.74) is 0.664. The van der Waals surface area contributed by atoms with Gasteiger partial charge in [-0.15, -0.1) is 0 Å². The second kappa shape index (κ2) is 6.05. The monoisotopic (exact) mass is 220 g/mol. The van der Waals surface area contributed by atoms with Gasteiger partial charge in [0, 0.05) is 18.4 Å². The molecule has 3 nitrogen and oxygen atoms in total. The Bertz CT molecular complexity index is 365. The van der Waals surface area contributed by atoms with E-state index in [1.54, 1.807) is 24.3 Å². The minimum Gasteiger partial charge on any atom is -0.493 e. The van der Waals surface area contributed by atoms with Gasteiger partial charge in [-0.2, -0.15) is 0 Å². The molecule has 0 saturated heterocycles. The number of ether oxygens (including phenoxy) is 1. The molecule has 0 amide bonds. The molecule has 0 N–H and O–H groups in total. The second-order valence-corrected chi connectivity index (χ2v) is 3.57. The van der Waals surface area contributed by atoms with Crippen molar-refractivity contribution in [1.82, 2.24) is 0 Å². The molecule has 0 saturated carbocycles. The molecule has 1 aromatic carbocycles. The van der Waals surface area contributed by atoms with E-state index in [1.807, 2.05) is 6.92 Å². The van der Waals surface area contributed by atoms with E-state index in [4.69, 9.17) is 4.74 Å². The molecule has 0 aliphatic carbocycles. The maximum atomic E-state index is 11.0. The lowest BCUT2D eigenvalue weighted by Crippen LogP contribution is -2.05. The number of rotatable bonds is 6. The molecule has 0 spiro atoms. The minimum absolute atomic E-state index is 0.0349. The van der Waals surface area contributed by atoms with Gasteiger partial charge in [-0.25, -0.2) is 0 Å². The van der Waals surface area contributed by atoms with Crippen molar-refractivity contribution in [3.8, 4) is 5.75 Å². The van der Waals surface area contributed by atoms with Crippen molar-refractivity contribution >= 4 is 11.6 Å². The molecule has 0 bridgehead atoms. The molecule has 1 aromatic rings. The first-order valence-corrected chi connectivity index (χ1v) is 5.39. The van der Waals surface area contributed by atoms with Crippen LogP contribution in [0.25, 0.3) is 0 Å². The smallest absolute Gasteiger partial charge is 0.159 e. The van der Waals surface area contributed by atoms with Crippen molar-refractivity contribution in [2.24, 2.45) is 0 Å². The standard InChI is InChI=1S/C13H16O3/c1-3-12(15)8-9-16-13-6-4-11(5-7-13)10(2)14/h4-7H,3,8-9H2,1-2H3. The molecule has 3 heteroatoms. The van der Waals surface area contributed by atoms with Gasteiger partial charge in [-0.1, -0.05) is 6.92 Å². The van der Waals surface area contributed by atoms with Gasteiger partial charge in [0.2, 0.25) is 0 Å². The maximum Gasteiger partial charge on any atom is 0.159 e. The molecular weight excluding hydrogens is 204 g/mol. The van der Waals surface area contributed by atoms with Crippen molar-refractivity contribution in [3.63, 3.8) is 0 Å². The highest BCUT2D eigenvalue weighted by Crippen LogP contribution is 2.12. The van der Waals surface area contributed by atoms with Crippen molar-refractivity contribution in [1.29, 1.82) is 0 Å². The van der Waals surface area contributed by atoms with Crippen LogP contribution in [0.2, 0.25) is 0 Å². The van der Waals surface area contributed by atoms with E-state index in [-0.39, 0.29) is 11.6 Å². The summed E-state index contributed by atoms with van der Waals surface area (Å²) in [5, 5.41) is 0. The van der Waals surface area contributed by atoms with Gasteiger partial charge in [0.25, 0.3) is 0 Å². The molecule has 0 unspecified atom stereocenters. The summed E-state index contributed by atoms with van der Waals surface area (Å²) < 4.78 is 5.38. The Kier molecular flexibility index (Phi) is 4.70. The third-order valence-corrected chi connectivity index (χ3v) is 2.30. The summed E-state index contributed by atoms with van der Waals surface area (Å²) in [6, 6.07) is 6.93. The molecule has 0 fully saturated rings. The Labute approximate surface area is 95.4 Å². The van der Waals surface area contributed by atoms with Gasteiger partial charge in [-0.05, 0) is 31.2 Å². The van der Waals surface area contributed by atoms with Crippen LogP contribution in [-0.2, 0) is 4.79 Å². The predicted octanol–water partition coefficient (Wildman–Crippen LogP) is 2.64. The number of Topliss-reactive ketones (excluding diaryl/α,β-unsaturated/α-hetero) is 2. The number of hydrogen-bond donors (Lipinski definition) is 0. The summed E-state index contributed by atoms with van der Waals surface area (Å²) >= 11 is 0. The molecule has 0 radical (unpaired) electrons. The summed E-state index contributed by atoms with van der Waals surface area (Å²) in [4.78, 5) is 22.0. The van der Waals surface area contributed by atoms with E-state index < -0.39 is 0 Å². The van der Waals surface area contributed by atoms with E-state index in [0.717, 1.165) is 0 Å². The van der Waals surface area contributed by atoms with Crippen LogP contribution in [-0.4, -0.2) is 18.2 Å². The molecule has 1 rings (SSSR count).